The highest BCUT2D eigenvalue weighted by Crippen LogP contribution is 2.20. The van der Waals surface area contributed by atoms with Crippen LogP contribution in [0.25, 0.3) is 0 Å². The van der Waals surface area contributed by atoms with Crippen molar-refractivity contribution in [3.63, 3.8) is 0 Å². The summed E-state index contributed by atoms with van der Waals surface area (Å²) in [7, 11) is 0.953. The van der Waals surface area contributed by atoms with E-state index in [1.807, 2.05) is 0 Å². The number of carbonyl (C=O) groups is 2. The number of benzene rings is 2. The number of carbonyl (C=O) groups excluding carboxylic acids is 1. The molecule has 0 fully saturated rings. The van der Waals surface area contributed by atoms with Crippen molar-refractivity contribution in [2.45, 2.75) is 0 Å². The normalized spacial score (nSPS) is 9.55. The molecule has 12 heteroatoms. The van der Waals surface area contributed by atoms with Crippen molar-refractivity contribution in [1.82, 2.24) is 0 Å². The summed E-state index contributed by atoms with van der Waals surface area (Å²) >= 11 is 0. The van der Waals surface area contributed by atoms with Crippen LogP contribution in [0, 0.1) is 57.6 Å². The second-order valence-electron chi connectivity index (χ2n) is 4.84. The second kappa shape index (κ2) is 9.23. The second-order valence-corrected chi connectivity index (χ2v) is 4.84. The van der Waals surface area contributed by atoms with E-state index in [9.17, 15) is 35.9 Å². The Bertz CT molecular complexity index is 1090. The number of esters is 1. The summed E-state index contributed by atoms with van der Waals surface area (Å²) in [4.78, 5) is 21.2. The Morgan fingerprint density at radius 1 is 0.828 bits per heavy atom. The van der Waals surface area contributed by atoms with Gasteiger partial charge >= 0.3 is 11.9 Å². The van der Waals surface area contributed by atoms with Crippen molar-refractivity contribution in [2.24, 2.45) is 0 Å². The van der Waals surface area contributed by atoms with Crippen LogP contribution in [0.15, 0.2) is 12.1 Å². The van der Waals surface area contributed by atoms with Gasteiger partial charge in [0.25, 0.3) is 0 Å². The molecule has 0 saturated carbocycles. The number of hydrogen-bond donors (Lipinski definition) is 1. The van der Waals surface area contributed by atoms with Gasteiger partial charge in [-0.3, -0.25) is 0 Å². The third-order valence-electron chi connectivity index (χ3n) is 3.17. The van der Waals surface area contributed by atoms with Gasteiger partial charge in [-0.2, -0.15) is 10.5 Å². The fraction of sp³-hybridized carbons (Fsp3) is 0.0588. The lowest BCUT2D eigenvalue weighted by Crippen LogP contribution is -2.09. The molecular weight excluding hydrogens is 410 g/mol. The molecule has 150 valence electrons. The van der Waals surface area contributed by atoms with Crippen molar-refractivity contribution in [1.29, 1.82) is 10.5 Å². The Morgan fingerprint density at radius 2 is 1.21 bits per heavy atom. The van der Waals surface area contributed by atoms with Crippen LogP contribution < -0.4 is 0 Å². The molecule has 2 aromatic carbocycles. The predicted molar refractivity (Wildman–Crippen MR) is 80.4 cm³/mol. The smallest absolute Gasteiger partial charge is 0.341 e. The first kappa shape index (κ1) is 23.0. The molecular formula is C17H6F6N2O4. The standard InChI is InChI=1S/C9H4F3NO2.C8H2F3NO2/c1-15-9(14)4-2-6(10)8(12)5(3-13)7(4)11;9-5-1-3(8(13)14)6(10)4(2-12)7(5)11/h2H,1H3;1H,(H,13,14). The molecule has 0 aromatic heterocycles. The van der Waals surface area contributed by atoms with E-state index in [0.29, 0.717) is 6.07 Å². The number of nitriles is 2. The van der Waals surface area contributed by atoms with Crippen LogP contribution in [0.5, 0.6) is 0 Å². The first-order valence-corrected chi connectivity index (χ1v) is 6.98. The molecule has 0 amide bonds. The van der Waals surface area contributed by atoms with Crippen LogP contribution in [-0.2, 0) is 4.74 Å². The third kappa shape index (κ3) is 4.62. The van der Waals surface area contributed by atoms with Gasteiger partial charge in [-0.05, 0) is 12.1 Å². The molecule has 0 radical (unpaired) electrons. The Hall–Kier alpha value is -4.06. The minimum absolute atomic E-state index is 0.188. The maximum absolute atomic E-state index is 13.2. The largest absolute Gasteiger partial charge is 0.478 e. The maximum Gasteiger partial charge on any atom is 0.341 e. The third-order valence-corrected chi connectivity index (χ3v) is 3.17. The fourth-order valence-corrected chi connectivity index (χ4v) is 1.82. The first-order chi connectivity index (χ1) is 13.5. The summed E-state index contributed by atoms with van der Waals surface area (Å²) in [5.74, 6) is -12.3. The Balaban J connectivity index is 0.000000291. The van der Waals surface area contributed by atoms with Gasteiger partial charge in [-0.1, -0.05) is 0 Å². The van der Waals surface area contributed by atoms with Gasteiger partial charge in [0.15, 0.2) is 34.9 Å². The lowest BCUT2D eigenvalue weighted by atomic mass is 10.1. The summed E-state index contributed by atoms with van der Waals surface area (Å²) in [5.41, 5.74) is -4.26. The zero-order chi connectivity index (χ0) is 22.5. The number of hydrogen-bond acceptors (Lipinski definition) is 5. The molecule has 0 heterocycles. The molecule has 0 unspecified atom stereocenters. The van der Waals surface area contributed by atoms with Crippen molar-refractivity contribution in [3.05, 3.63) is 69.3 Å². The van der Waals surface area contributed by atoms with Crippen molar-refractivity contribution in [2.75, 3.05) is 7.11 Å². The molecule has 0 atom stereocenters. The average Bonchev–Trinajstić information content (AvgIpc) is 2.68. The van der Waals surface area contributed by atoms with Crippen molar-refractivity contribution < 1.29 is 45.8 Å². The van der Waals surface area contributed by atoms with Crippen LogP contribution in [-0.4, -0.2) is 24.2 Å². The predicted octanol–water partition coefficient (Wildman–Crippen LogP) is 3.44. The van der Waals surface area contributed by atoms with Gasteiger partial charge in [-0.25, -0.2) is 35.9 Å². The van der Waals surface area contributed by atoms with E-state index in [-0.39, 0.29) is 6.07 Å². The van der Waals surface area contributed by atoms with Gasteiger partial charge in [0.05, 0.1) is 18.2 Å². The number of aromatic carboxylic acids is 1. The highest BCUT2D eigenvalue weighted by molar-refractivity contribution is 5.90. The van der Waals surface area contributed by atoms with Gasteiger partial charge in [0.2, 0.25) is 0 Å². The number of methoxy groups -OCH3 is 1. The fourth-order valence-electron chi connectivity index (χ4n) is 1.82. The van der Waals surface area contributed by atoms with Gasteiger partial charge in [0.1, 0.15) is 23.3 Å². The Morgan fingerprint density at radius 3 is 1.55 bits per heavy atom. The Labute approximate surface area is 157 Å². The minimum Gasteiger partial charge on any atom is -0.478 e. The quantitative estimate of drug-likeness (QED) is 0.456. The summed E-state index contributed by atoms with van der Waals surface area (Å²) in [5, 5.41) is 25.0. The summed E-state index contributed by atoms with van der Waals surface area (Å²) in [6, 6.07) is 2.71. The molecule has 0 saturated heterocycles. The van der Waals surface area contributed by atoms with E-state index in [1.165, 1.54) is 0 Å². The molecule has 2 rings (SSSR count). The minimum atomic E-state index is -1.77. The van der Waals surface area contributed by atoms with E-state index >= 15 is 0 Å². The van der Waals surface area contributed by atoms with Gasteiger partial charge in [0, 0.05) is 0 Å². The topological polar surface area (TPSA) is 111 Å². The molecule has 29 heavy (non-hydrogen) atoms. The molecule has 0 aliphatic carbocycles. The lowest BCUT2D eigenvalue weighted by Gasteiger charge is -2.03. The number of ether oxygens (including phenoxy) is 1. The number of carboxylic acids is 1. The maximum atomic E-state index is 13.2. The summed E-state index contributed by atoms with van der Waals surface area (Å²) in [6.07, 6.45) is 0. The zero-order valence-corrected chi connectivity index (χ0v) is 14.0. The van der Waals surface area contributed by atoms with Gasteiger partial charge < -0.3 is 9.84 Å². The van der Waals surface area contributed by atoms with E-state index in [1.54, 1.807) is 0 Å². The van der Waals surface area contributed by atoms with Crippen LogP contribution in [0.1, 0.15) is 31.8 Å². The highest BCUT2D eigenvalue weighted by Gasteiger charge is 2.23. The van der Waals surface area contributed by atoms with E-state index in [4.69, 9.17) is 15.6 Å². The lowest BCUT2D eigenvalue weighted by molar-refractivity contribution is 0.0593. The molecule has 0 aliphatic rings. The highest BCUT2D eigenvalue weighted by atomic mass is 19.2. The Kier molecular flexibility index (Phi) is 7.32. The number of carboxylic acid groups (broad SMARTS) is 1. The number of nitrogens with zero attached hydrogens (tertiary/aromatic N) is 2. The zero-order valence-electron chi connectivity index (χ0n) is 14.0. The van der Waals surface area contributed by atoms with Crippen LogP contribution in [0.3, 0.4) is 0 Å². The van der Waals surface area contributed by atoms with Crippen molar-refractivity contribution >= 4 is 11.9 Å². The molecule has 0 aliphatic heterocycles. The number of halogens is 6. The van der Waals surface area contributed by atoms with E-state index in [2.05, 4.69) is 4.74 Å². The van der Waals surface area contributed by atoms with Crippen LogP contribution in [0.4, 0.5) is 26.3 Å². The SMILES string of the molecule is COC(=O)c1cc(F)c(F)c(C#N)c1F.N#Cc1c(F)c(F)cc(C(=O)O)c1F. The molecule has 1 N–H and O–H groups in total. The molecule has 6 nitrogen and oxygen atoms in total. The molecule has 2 aromatic rings. The van der Waals surface area contributed by atoms with Crippen molar-refractivity contribution in [3.8, 4) is 12.1 Å². The molecule has 0 spiro atoms. The van der Waals surface area contributed by atoms with E-state index in [0.717, 1.165) is 19.2 Å². The monoisotopic (exact) mass is 416 g/mol. The average molecular weight is 416 g/mol. The van der Waals surface area contributed by atoms with Gasteiger partial charge in [-0.15, -0.1) is 0 Å². The summed E-state index contributed by atoms with van der Waals surface area (Å²) < 4.78 is 81.2. The number of rotatable bonds is 2. The molecule has 0 bridgehead atoms. The van der Waals surface area contributed by atoms with E-state index < -0.39 is 69.1 Å². The first-order valence-electron chi connectivity index (χ1n) is 6.98. The van der Waals surface area contributed by atoms with Crippen LogP contribution >= 0.6 is 0 Å². The summed E-state index contributed by atoms with van der Waals surface area (Å²) in [6.45, 7) is 0. The van der Waals surface area contributed by atoms with Crippen LogP contribution in [0.2, 0.25) is 0 Å².